The molecule has 1 rings (SSSR count). The molecule has 0 aromatic carbocycles. The van der Waals surface area contributed by atoms with Crippen molar-refractivity contribution in [3.05, 3.63) is 34.4 Å². The lowest BCUT2D eigenvalue weighted by Gasteiger charge is -1.88. The Bertz CT molecular complexity index is 218. The third-order valence-electron chi connectivity index (χ3n) is 0.943. The van der Waals surface area contributed by atoms with Crippen LogP contribution in [0.3, 0.4) is 0 Å². The van der Waals surface area contributed by atoms with Crippen molar-refractivity contribution in [3.63, 3.8) is 0 Å². The Morgan fingerprint density at radius 3 is 2.78 bits per heavy atom. The topological polar surface area (TPSA) is 50.4 Å². The summed E-state index contributed by atoms with van der Waals surface area (Å²) in [6.07, 6.45) is 1.24. The molecule has 0 aliphatic carbocycles. The van der Waals surface area contributed by atoms with Crippen LogP contribution >= 0.6 is 0 Å². The van der Waals surface area contributed by atoms with Crippen LogP contribution in [-0.2, 0) is 6.61 Å². The monoisotopic (exact) mass is 126 g/mol. The Hall–Kier alpha value is -1.09. The Morgan fingerprint density at radius 2 is 2.33 bits per heavy atom. The van der Waals surface area contributed by atoms with Crippen molar-refractivity contribution in [1.82, 2.24) is 0 Å². The van der Waals surface area contributed by atoms with Gasteiger partial charge in [0.05, 0.1) is 6.61 Å². The van der Waals surface area contributed by atoms with E-state index in [2.05, 4.69) is 4.42 Å². The summed E-state index contributed by atoms with van der Waals surface area (Å²) in [6.45, 7) is -0.0935. The summed E-state index contributed by atoms with van der Waals surface area (Å²) < 4.78 is 4.43. The average Bonchev–Trinajstić information content (AvgIpc) is 1.90. The van der Waals surface area contributed by atoms with Crippen LogP contribution in [0.2, 0.25) is 0 Å². The number of aliphatic hydroxyl groups excluding tert-OH is 1. The molecule has 0 amide bonds. The number of rotatable bonds is 1. The summed E-state index contributed by atoms with van der Waals surface area (Å²) in [5.74, 6) is 0. The molecule has 0 aliphatic heterocycles. The molecular weight excluding hydrogens is 120 g/mol. The lowest BCUT2D eigenvalue weighted by Crippen LogP contribution is -1.95. The van der Waals surface area contributed by atoms with Crippen LogP contribution in [0, 0.1) is 0 Å². The van der Waals surface area contributed by atoms with Gasteiger partial charge in [-0.25, -0.2) is 4.79 Å². The zero-order valence-corrected chi connectivity index (χ0v) is 4.70. The predicted molar refractivity (Wildman–Crippen MR) is 30.9 cm³/mol. The third-order valence-corrected chi connectivity index (χ3v) is 0.943. The van der Waals surface area contributed by atoms with Crippen LogP contribution in [0.1, 0.15) is 5.56 Å². The second-order valence-electron chi connectivity index (χ2n) is 1.62. The van der Waals surface area contributed by atoms with E-state index < -0.39 is 5.63 Å². The SMILES string of the molecule is O=c1ccc(CO)co1. The second kappa shape index (κ2) is 2.46. The quantitative estimate of drug-likeness (QED) is 0.582. The van der Waals surface area contributed by atoms with E-state index in [0.717, 1.165) is 0 Å². The summed E-state index contributed by atoms with van der Waals surface area (Å²) in [7, 11) is 0. The first-order chi connectivity index (χ1) is 4.33. The van der Waals surface area contributed by atoms with Crippen molar-refractivity contribution in [2.75, 3.05) is 0 Å². The number of aliphatic hydroxyl groups is 1. The highest BCUT2D eigenvalue weighted by atomic mass is 16.4. The third kappa shape index (κ3) is 1.40. The fourth-order valence-electron chi connectivity index (χ4n) is 0.477. The molecule has 3 nitrogen and oxygen atoms in total. The molecular formula is C6H6O3. The lowest BCUT2D eigenvalue weighted by atomic mass is 10.3. The first-order valence-corrected chi connectivity index (χ1v) is 2.51. The zero-order valence-electron chi connectivity index (χ0n) is 4.70. The molecule has 0 saturated heterocycles. The summed E-state index contributed by atoms with van der Waals surface area (Å²) in [4.78, 5) is 10.3. The standard InChI is InChI=1S/C6H6O3/c7-3-5-1-2-6(8)9-4-5/h1-2,4,7H,3H2. The van der Waals surface area contributed by atoms with Crippen molar-refractivity contribution in [2.45, 2.75) is 6.61 Å². The fourth-order valence-corrected chi connectivity index (χ4v) is 0.477. The second-order valence-corrected chi connectivity index (χ2v) is 1.62. The van der Waals surface area contributed by atoms with Crippen LogP contribution in [0.15, 0.2) is 27.6 Å². The van der Waals surface area contributed by atoms with Crippen LogP contribution in [-0.4, -0.2) is 5.11 Å². The smallest absolute Gasteiger partial charge is 0.335 e. The minimum Gasteiger partial charge on any atom is -0.431 e. The molecule has 0 aliphatic rings. The van der Waals surface area contributed by atoms with Gasteiger partial charge in [-0.1, -0.05) is 0 Å². The van der Waals surface area contributed by atoms with Gasteiger partial charge in [0.25, 0.3) is 0 Å². The van der Waals surface area contributed by atoms with Crippen molar-refractivity contribution in [2.24, 2.45) is 0 Å². The van der Waals surface area contributed by atoms with Gasteiger partial charge < -0.3 is 9.52 Å². The van der Waals surface area contributed by atoms with Crippen molar-refractivity contribution in [1.29, 1.82) is 0 Å². The molecule has 3 heteroatoms. The molecule has 9 heavy (non-hydrogen) atoms. The van der Waals surface area contributed by atoms with Crippen LogP contribution in [0.25, 0.3) is 0 Å². The summed E-state index contributed by atoms with van der Waals surface area (Å²) >= 11 is 0. The van der Waals surface area contributed by atoms with E-state index in [-0.39, 0.29) is 6.61 Å². The van der Waals surface area contributed by atoms with Gasteiger partial charge in [-0.15, -0.1) is 0 Å². The minimum absolute atomic E-state index is 0.0935. The van der Waals surface area contributed by atoms with E-state index in [1.165, 1.54) is 18.4 Å². The summed E-state index contributed by atoms with van der Waals surface area (Å²) in [5.41, 5.74) is 0.210. The Labute approximate surface area is 51.6 Å². The zero-order chi connectivity index (χ0) is 6.69. The molecule has 48 valence electrons. The first kappa shape index (κ1) is 6.04. The van der Waals surface area contributed by atoms with Crippen LogP contribution in [0.4, 0.5) is 0 Å². The molecule has 0 spiro atoms. The normalized spacial score (nSPS) is 9.44. The van der Waals surface area contributed by atoms with Gasteiger partial charge in [-0.3, -0.25) is 0 Å². The fraction of sp³-hybridized carbons (Fsp3) is 0.167. The van der Waals surface area contributed by atoms with Crippen molar-refractivity contribution < 1.29 is 9.52 Å². The molecule has 1 aromatic rings. The molecule has 0 fully saturated rings. The molecule has 0 unspecified atom stereocenters. The number of hydrogen-bond acceptors (Lipinski definition) is 3. The van der Waals surface area contributed by atoms with E-state index in [9.17, 15) is 4.79 Å². The summed E-state index contributed by atoms with van der Waals surface area (Å²) in [6, 6.07) is 2.79. The van der Waals surface area contributed by atoms with Crippen LogP contribution < -0.4 is 5.63 Å². The van der Waals surface area contributed by atoms with E-state index in [1.807, 2.05) is 0 Å². The summed E-state index contributed by atoms with van der Waals surface area (Å²) in [5, 5.41) is 8.47. The maximum atomic E-state index is 10.3. The van der Waals surface area contributed by atoms with Gasteiger partial charge in [-0.2, -0.15) is 0 Å². The highest BCUT2D eigenvalue weighted by molar-refractivity contribution is 5.03. The van der Waals surface area contributed by atoms with Gasteiger partial charge >= 0.3 is 5.63 Å². The van der Waals surface area contributed by atoms with Gasteiger partial charge in [0, 0.05) is 11.6 Å². The number of hydrogen-bond donors (Lipinski definition) is 1. The van der Waals surface area contributed by atoms with E-state index in [4.69, 9.17) is 5.11 Å². The van der Waals surface area contributed by atoms with E-state index in [0.29, 0.717) is 5.56 Å². The van der Waals surface area contributed by atoms with Gasteiger partial charge in [0.1, 0.15) is 6.26 Å². The minimum atomic E-state index is -0.396. The van der Waals surface area contributed by atoms with Gasteiger partial charge in [0.15, 0.2) is 0 Å². The molecule has 0 atom stereocenters. The first-order valence-electron chi connectivity index (χ1n) is 2.51. The highest BCUT2D eigenvalue weighted by Crippen LogP contribution is 1.91. The molecule has 1 aromatic heterocycles. The molecule has 0 saturated carbocycles. The molecule has 0 radical (unpaired) electrons. The average molecular weight is 126 g/mol. The Morgan fingerprint density at radius 1 is 1.56 bits per heavy atom. The largest absolute Gasteiger partial charge is 0.431 e. The van der Waals surface area contributed by atoms with Gasteiger partial charge in [0.2, 0.25) is 0 Å². The Kier molecular flexibility index (Phi) is 1.65. The Balaban J connectivity index is 3.02. The van der Waals surface area contributed by atoms with Crippen molar-refractivity contribution >= 4 is 0 Å². The maximum absolute atomic E-state index is 10.3. The highest BCUT2D eigenvalue weighted by Gasteiger charge is 1.87. The van der Waals surface area contributed by atoms with E-state index >= 15 is 0 Å². The van der Waals surface area contributed by atoms with Crippen LogP contribution in [0.5, 0.6) is 0 Å². The maximum Gasteiger partial charge on any atom is 0.335 e. The lowest BCUT2D eigenvalue weighted by molar-refractivity contribution is 0.277. The molecule has 1 N–H and O–H groups in total. The molecule has 0 bridgehead atoms. The van der Waals surface area contributed by atoms with E-state index in [1.54, 1.807) is 0 Å². The van der Waals surface area contributed by atoms with Gasteiger partial charge in [-0.05, 0) is 6.07 Å². The molecule has 1 heterocycles. The predicted octanol–water partition coefficient (Wildman–Crippen LogP) is 0.132. The van der Waals surface area contributed by atoms with Crippen molar-refractivity contribution in [3.8, 4) is 0 Å².